The van der Waals surface area contributed by atoms with Gasteiger partial charge in [-0.3, -0.25) is 9.48 Å². The highest BCUT2D eigenvalue weighted by Crippen LogP contribution is 2.15. The smallest absolute Gasteiger partial charge is 0.244 e. The Balaban J connectivity index is 1.49. The molecule has 2 aromatic heterocycles. The van der Waals surface area contributed by atoms with E-state index in [4.69, 9.17) is 0 Å². The molecule has 2 aromatic carbocycles. The van der Waals surface area contributed by atoms with Crippen molar-refractivity contribution >= 4 is 22.9 Å². The van der Waals surface area contributed by atoms with Crippen LogP contribution in [0.25, 0.3) is 17.0 Å². The molecule has 0 saturated carbocycles. The molecule has 0 radical (unpaired) electrons. The zero-order valence-electron chi connectivity index (χ0n) is 15.1. The number of aromatic nitrogens is 4. The molecule has 1 N–H and O–H groups in total. The maximum Gasteiger partial charge on any atom is 0.244 e. The Hall–Kier alpha value is -3.80. The Morgan fingerprint density at radius 2 is 1.86 bits per heavy atom. The van der Waals surface area contributed by atoms with E-state index in [-0.39, 0.29) is 11.9 Å². The predicted octanol–water partition coefficient (Wildman–Crippen LogP) is 3.40. The maximum atomic E-state index is 12.5. The average molecular weight is 369 g/mol. The predicted molar refractivity (Wildman–Crippen MR) is 108 cm³/mol. The second-order valence-corrected chi connectivity index (χ2v) is 6.35. The second kappa shape index (κ2) is 8.26. The summed E-state index contributed by atoms with van der Waals surface area (Å²) >= 11 is 0. The Morgan fingerprint density at radius 1 is 1.04 bits per heavy atom. The third-order valence-electron chi connectivity index (χ3n) is 4.38. The minimum atomic E-state index is -0.218. The van der Waals surface area contributed by atoms with Crippen molar-refractivity contribution in [1.82, 2.24) is 25.1 Å². The number of nitrogens with one attached hydrogen (secondary N) is 1. The van der Waals surface area contributed by atoms with Gasteiger partial charge in [-0.1, -0.05) is 54.6 Å². The largest absolute Gasteiger partial charge is 0.344 e. The van der Waals surface area contributed by atoms with E-state index < -0.39 is 0 Å². The number of nitrogens with zero attached hydrogens (tertiary/aromatic N) is 4. The highest BCUT2D eigenvalue weighted by molar-refractivity contribution is 5.92. The van der Waals surface area contributed by atoms with E-state index in [1.54, 1.807) is 17.1 Å². The lowest BCUT2D eigenvalue weighted by atomic mass is 10.1. The van der Waals surface area contributed by atoms with E-state index >= 15 is 0 Å². The average Bonchev–Trinajstić information content (AvgIpc) is 3.25. The van der Waals surface area contributed by atoms with E-state index in [0.29, 0.717) is 6.54 Å². The van der Waals surface area contributed by atoms with Gasteiger partial charge in [-0.25, -0.2) is 9.97 Å². The number of amides is 1. The first kappa shape index (κ1) is 17.6. The Morgan fingerprint density at radius 3 is 2.68 bits per heavy atom. The van der Waals surface area contributed by atoms with Gasteiger partial charge in [0.25, 0.3) is 0 Å². The van der Waals surface area contributed by atoms with E-state index in [2.05, 4.69) is 20.4 Å². The Labute approximate surface area is 162 Å². The first-order chi connectivity index (χ1) is 13.8. The summed E-state index contributed by atoms with van der Waals surface area (Å²) in [6, 6.07) is 21.4. The van der Waals surface area contributed by atoms with Gasteiger partial charge in [-0.2, -0.15) is 5.10 Å². The maximum absolute atomic E-state index is 12.5. The molecule has 0 saturated heterocycles. The third kappa shape index (κ3) is 4.29. The van der Waals surface area contributed by atoms with E-state index in [9.17, 15) is 4.79 Å². The zero-order valence-corrected chi connectivity index (χ0v) is 15.1. The fraction of sp³-hybridized carbons (Fsp3) is 0.0909. The molecule has 6 nitrogen and oxygen atoms in total. The summed E-state index contributed by atoms with van der Waals surface area (Å²) in [7, 11) is 0. The molecule has 2 heterocycles. The van der Waals surface area contributed by atoms with Crippen LogP contribution in [0.4, 0.5) is 0 Å². The molecule has 1 amide bonds. The minimum Gasteiger partial charge on any atom is -0.344 e. The molecule has 0 spiro atoms. The van der Waals surface area contributed by atoms with Crippen LogP contribution in [0.3, 0.4) is 0 Å². The quantitative estimate of drug-likeness (QED) is 0.529. The van der Waals surface area contributed by atoms with Crippen molar-refractivity contribution in [1.29, 1.82) is 0 Å². The number of benzene rings is 2. The lowest BCUT2D eigenvalue weighted by Crippen LogP contribution is -2.30. The number of carbonyl (C=O) groups excluding carboxylic acids is 1. The van der Waals surface area contributed by atoms with Gasteiger partial charge in [0.1, 0.15) is 12.7 Å². The third-order valence-corrected chi connectivity index (χ3v) is 4.38. The van der Waals surface area contributed by atoms with Crippen LogP contribution in [0.5, 0.6) is 0 Å². The molecule has 138 valence electrons. The van der Waals surface area contributed by atoms with Gasteiger partial charge in [0.15, 0.2) is 0 Å². The minimum absolute atomic E-state index is 0.191. The Kier molecular flexibility index (Phi) is 5.20. The van der Waals surface area contributed by atoms with Crippen molar-refractivity contribution in [3.05, 3.63) is 96.7 Å². The summed E-state index contributed by atoms with van der Waals surface area (Å²) < 4.78 is 1.70. The fourth-order valence-corrected chi connectivity index (χ4v) is 2.99. The fourth-order valence-electron chi connectivity index (χ4n) is 2.99. The van der Waals surface area contributed by atoms with Crippen molar-refractivity contribution in [2.45, 2.75) is 12.6 Å². The standard InChI is InChI=1S/C22H19N5O/c28-22(13-12-19-11-10-18-8-4-5-9-20(18)25-19)26-21(14-27-16-23-15-24-27)17-6-2-1-3-7-17/h1-13,15-16,21H,14H2,(H,26,28)/b13-12+. The topological polar surface area (TPSA) is 72.7 Å². The molecule has 1 unspecified atom stereocenters. The molecule has 4 rings (SSSR count). The molecule has 0 aliphatic heterocycles. The molecule has 1 atom stereocenters. The van der Waals surface area contributed by atoms with Crippen molar-refractivity contribution < 1.29 is 4.79 Å². The molecule has 0 aliphatic rings. The number of para-hydroxylation sites is 1. The van der Waals surface area contributed by atoms with Crippen molar-refractivity contribution in [2.24, 2.45) is 0 Å². The zero-order chi connectivity index (χ0) is 19.2. The molecule has 6 heteroatoms. The van der Waals surface area contributed by atoms with Crippen molar-refractivity contribution in [3.8, 4) is 0 Å². The second-order valence-electron chi connectivity index (χ2n) is 6.35. The van der Waals surface area contributed by atoms with Crippen LogP contribution >= 0.6 is 0 Å². The monoisotopic (exact) mass is 369 g/mol. The van der Waals surface area contributed by atoms with E-state index in [1.807, 2.05) is 66.7 Å². The highest BCUT2D eigenvalue weighted by Gasteiger charge is 2.14. The van der Waals surface area contributed by atoms with E-state index in [1.165, 1.54) is 12.4 Å². The van der Waals surface area contributed by atoms with Crippen LogP contribution < -0.4 is 5.32 Å². The van der Waals surface area contributed by atoms with Gasteiger partial charge in [-0.15, -0.1) is 0 Å². The summed E-state index contributed by atoms with van der Waals surface area (Å²) in [5.74, 6) is -0.191. The number of hydrogen-bond donors (Lipinski definition) is 1. The SMILES string of the molecule is O=C(/C=C/c1ccc2ccccc2n1)NC(Cn1cncn1)c1ccccc1. The van der Waals surface area contributed by atoms with Crippen molar-refractivity contribution in [3.63, 3.8) is 0 Å². The lowest BCUT2D eigenvalue weighted by Gasteiger charge is -2.18. The van der Waals surface area contributed by atoms with Gasteiger partial charge in [-0.05, 0) is 23.8 Å². The summed E-state index contributed by atoms with van der Waals surface area (Å²) in [4.78, 5) is 21.0. The highest BCUT2D eigenvalue weighted by atomic mass is 16.1. The first-order valence-corrected chi connectivity index (χ1v) is 9.00. The normalized spacial score (nSPS) is 12.3. The Bertz CT molecular complexity index is 1090. The number of hydrogen-bond acceptors (Lipinski definition) is 4. The molecular formula is C22H19N5O. The van der Waals surface area contributed by atoms with Crippen LogP contribution in [-0.2, 0) is 11.3 Å². The molecule has 4 aromatic rings. The van der Waals surface area contributed by atoms with E-state index in [0.717, 1.165) is 22.2 Å². The number of fused-ring (bicyclic) bond motifs is 1. The molecule has 0 aliphatic carbocycles. The van der Waals surface area contributed by atoms with Gasteiger partial charge in [0, 0.05) is 11.5 Å². The van der Waals surface area contributed by atoms with Gasteiger partial charge in [0.2, 0.25) is 5.91 Å². The van der Waals surface area contributed by atoms with Crippen LogP contribution in [-0.4, -0.2) is 25.7 Å². The molecular weight excluding hydrogens is 350 g/mol. The van der Waals surface area contributed by atoms with Gasteiger partial charge < -0.3 is 5.32 Å². The lowest BCUT2D eigenvalue weighted by molar-refractivity contribution is -0.117. The molecule has 28 heavy (non-hydrogen) atoms. The molecule has 0 fully saturated rings. The number of pyridine rings is 1. The van der Waals surface area contributed by atoms with Crippen LogP contribution in [0.2, 0.25) is 0 Å². The van der Waals surface area contributed by atoms with Crippen LogP contribution in [0.15, 0.2) is 85.5 Å². The molecule has 0 bridgehead atoms. The summed E-state index contributed by atoms with van der Waals surface area (Å²) in [5, 5.41) is 8.24. The first-order valence-electron chi connectivity index (χ1n) is 9.00. The van der Waals surface area contributed by atoms with Gasteiger partial charge >= 0.3 is 0 Å². The summed E-state index contributed by atoms with van der Waals surface area (Å²) in [6.07, 6.45) is 6.35. The number of carbonyl (C=O) groups is 1. The summed E-state index contributed by atoms with van der Waals surface area (Å²) in [5.41, 5.74) is 2.64. The van der Waals surface area contributed by atoms with Gasteiger partial charge in [0.05, 0.1) is 23.8 Å². The number of rotatable bonds is 6. The van der Waals surface area contributed by atoms with Crippen LogP contribution in [0.1, 0.15) is 17.3 Å². The van der Waals surface area contributed by atoms with Crippen molar-refractivity contribution in [2.75, 3.05) is 0 Å². The summed E-state index contributed by atoms with van der Waals surface area (Å²) in [6.45, 7) is 0.498. The van der Waals surface area contributed by atoms with Crippen LogP contribution in [0, 0.1) is 0 Å².